The normalized spacial score (nSPS) is 12.0. The van der Waals surface area contributed by atoms with Gasteiger partial charge in [0.05, 0.1) is 24.2 Å². The van der Waals surface area contributed by atoms with Gasteiger partial charge in [-0.25, -0.2) is 4.39 Å². The summed E-state index contributed by atoms with van der Waals surface area (Å²) in [5.74, 6) is -0.693. The molecule has 0 aliphatic heterocycles. The molecule has 3 aromatic rings. The van der Waals surface area contributed by atoms with E-state index in [1.807, 2.05) is 19.1 Å². The predicted octanol–water partition coefficient (Wildman–Crippen LogP) is 4.74. The van der Waals surface area contributed by atoms with Crippen LogP contribution in [0.2, 0.25) is 0 Å². The monoisotopic (exact) mass is 381 g/mol. The van der Waals surface area contributed by atoms with E-state index in [0.717, 1.165) is 35.0 Å². The summed E-state index contributed by atoms with van der Waals surface area (Å²) < 4.78 is 19.3. The smallest absolute Gasteiger partial charge is 0.250 e. The van der Waals surface area contributed by atoms with Crippen LogP contribution in [0.1, 0.15) is 47.3 Å². The first kappa shape index (κ1) is 19.6. The highest BCUT2D eigenvalue weighted by Crippen LogP contribution is 2.33. The molecule has 0 spiro atoms. The summed E-state index contributed by atoms with van der Waals surface area (Å²) in [7, 11) is 1.45. The van der Waals surface area contributed by atoms with E-state index in [9.17, 15) is 9.18 Å². The Labute approximate surface area is 163 Å². The maximum absolute atomic E-state index is 14.2. The van der Waals surface area contributed by atoms with E-state index in [-0.39, 0.29) is 11.8 Å². The number of carbonyl (C=O) groups excluding carboxylic acids is 1. The fourth-order valence-corrected chi connectivity index (χ4v) is 3.40. The Morgan fingerprint density at radius 3 is 2.75 bits per heavy atom. The first-order valence-electron chi connectivity index (χ1n) is 9.24. The average Bonchev–Trinajstić information content (AvgIpc) is 2.68. The number of anilines is 1. The number of aryl methyl sites for hydroxylation is 1. The van der Waals surface area contributed by atoms with E-state index in [1.54, 1.807) is 24.4 Å². The molecule has 3 N–H and O–H groups in total. The molecule has 1 atom stereocenters. The molecule has 0 saturated carbocycles. The summed E-state index contributed by atoms with van der Waals surface area (Å²) >= 11 is 0. The summed E-state index contributed by atoms with van der Waals surface area (Å²) in [6.45, 7) is 4.03. The van der Waals surface area contributed by atoms with E-state index in [2.05, 4.69) is 17.2 Å². The van der Waals surface area contributed by atoms with Crippen LogP contribution in [0.3, 0.4) is 0 Å². The number of halogens is 1. The lowest BCUT2D eigenvalue weighted by molar-refractivity contribution is 0.100. The molecule has 5 nitrogen and oxygen atoms in total. The van der Waals surface area contributed by atoms with E-state index in [4.69, 9.17) is 10.5 Å². The second-order valence-electron chi connectivity index (χ2n) is 6.76. The average molecular weight is 381 g/mol. The predicted molar refractivity (Wildman–Crippen MR) is 109 cm³/mol. The first-order chi connectivity index (χ1) is 13.5. The van der Waals surface area contributed by atoms with Crippen molar-refractivity contribution in [2.24, 2.45) is 5.73 Å². The number of amides is 1. The number of ether oxygens (including phenoxy) is 1. The molecule has 0 aliphatic rings. The molecule has 2 aromatic carbocycles. The van der Waals surface area contributed by atoms with Crippen LogP contribution < -0.4 is 15.8 Å². The number of aromatic nitrogens is 1. The van der Waals surface area contributed by atoms with Gasteiger partial charge >= 0.3 is 0 Å². The third kappa shape index (κ3) is 3.76. The van der Waals surface area contributed by atoms with E-state index in [1.165, 1.54) is 13.2 Å². The van der Waals surface area contributed by atoms with Gasteiger partial charge in [-0.15, -0.1) is 0 Å². The van der Waals surface area contributed by atoms with Crippen LogP contribution in [0.5, 0.6) is 5.75 Å². The number of para-hydroxylation sites is 1. The Hall–Kier alpha value is -3.15. The highest BCUT2D eigenvalue weighted by atomic mass is 19.1. The number of hydrogen-bond acceptors (Lipinski definition) is 4. The highest BCUT2D eigenvalue weighted by Gasteiger charge is 2.18. The number of nitrogens with one attached hydrogen (secondary N) is 1. The summed E-state index contributed by atoms with van der Waals surface area (Å²) in [6.07, 6.45) is 3.44. The summed E-state index contributed by atoms with van der Waals surface area (Å²) in [5.41, 5.74) is 9.06. The largest absolute Gasteiger partial charge is 0.494 e. The lowest BCUT2D eigenvalue weighted by atomic mass is 9.99. The topological polar surface area (TPSA) is 77.2 Å². The van der Waals surface area contributed by atoms with Crippen molar-refractivity contribution in [1.82, 2.24) is 4.98 Å². The lowest BCUT2D eigenvalue weighted by Crippen LogP contribution is -2.14. The zero-order valence-electron chi connectivity index (χ0n) is 16.3. The fraction of sp³-hybridized carbons (Fsp3) is 0.273. The second kappa shape index (κ2) is 8.25. The molecule has 1 amide bonds. The number of nitrogens with zero attached hydrogens (tertiary/aromatic N) is 1. The Morgan fingerprint density at radius 1 is 1.32 bits per heavy atom. The minimum atomic E-state index is -0.518. The lowest BCUT2D eigenvalue weighted by Gasteiger charge is -2.23. The summed E-state index contributed by atoms with van der Waals surface area (Å²) in [4.78, 5) is 16.2. The number of pyridine rings is 1. The molecule has 6 heteroatoms. The van der Waals surface area contributed by atoms with Gasteiger partial charge in [-0.3, -0.25) is 9.78 Å². The number of methoxy groups -OCH3 is 1. The van der Waals surface area contributed by atoms with Gasteiger partial charge in [0.15, 0.2) is 11.6 Å². The maximum Gasteiger partial charge on any atom is 0.250 e. The number of nitrogens with two attached hydrogens (primary N) is 1. The molecule has 1 heterocycles. The van der Waals surface area contributed by atoms with Crippen LogP contribution in [-0.2, 0) is 0 Å². The van der Waals surface area contributed by atoms with Gasteiger partial charge in [-0.05, 0) is 42.7 Å². The van der Waals surface area contributed by atoms with Crippen molar-refractivity contribution in [3.63, 3.8) is 0 Å². The second-order valence-corrected chi connectivity index (χ2v) is 6.76. The molecule has 28 heavy (non-hydrogen) atoms. The van der Waals surface area contributed by atoms with Gasteiger partial charge in [0, 0.05) is 17.3 Å². The van der Waals surface area contributed by atoms with Crippen LogP contribution >= 0.6 is 0 Å². The fourth-order valence-electron chi connectivity index (χ4n) is 3.40. The third-order valence-corrected chi connectivity index (χ3v) is 4.83. The SMILES string of the molecule is CCC[C@@H](Nc1c(C)cnc2c(C(N)=O)cccc12)c1ccc(OC)c(F)c1. The van der Waals surface area contributed by atoms with Crippen LogP contribution in [0, 0.1) is 12.7 Å². The first-order valence-corrected chi connectivity index (χ1v) is 9.24. The number of primary amides is 1. The number of hydrogen-bond donors (Lipinski definition) is 2. The molecule has 3 rings (SSSR count). The van der Waals surface area contributed by atoms with E-state index >= 15 is 0 Å². The number of rotatable bonds is 7. The van der Waals surface area contributed by atoms with Gasteiger partial charge < -0.3 is 15.8 Å². The van der Waals surface area contributed by atoms with Crippen molar-refractivity contribution in [1.29, 1.82) is 0 Å². The summed E-state index contributed by atoms with van der Waals surface area (Å²) in [5, 5.41) is 4.35. The van der Waals surface area contributed by atoms with Crippen molar-refractivity contribution in [2.75, 3.05) is 12.4 Å². The van der Waals surface area contributed by atoms with E-state index < -0.39 is 11.7 Å². The van der Waals surface area contributed by atoms with Gasteiger partial charge in [-0.2, -0.15) is 0 Å². The quantitative estimate of drug-likeness (QED) is 0.619. The van der Waals surface area contributed by atoms with Crippen molar-refractivity contribution in [3.8, 4) is 5.75 Å². The number of benzene rings is 2. The molecule has 0 fully saturated rings. The zero-order valence-corrected chi connectivity index (χ0v) is 16.3. The Balaban J connectivity index is 2.07. The molecule has 0 aliphatic carbocycles. The van der Waals surface area contributed by atoms with Crippen molar-refractivity contribution < 1.29 is 13.9 Å². The standard InChI is InChI=1S/C22H24FN3O2/c1-4-6-18(14-9-10-19(28-3)17(23)11-14)26-20-13(2)12-25-21-15(20)7-5-8-16(21)22(24)27/h5,7-12,18H,4,6H2,1-3H3,(H2,24,27)(H,25,26)/t18-/m1/s1. The molecule has 0 unspecified atom stereocenters. The third-order valence-electron chi connectivity index (χ3n) is 4.83. The number of carbonyl (C=O) groups is 1. The Kier molecular flexibility index (Phi) is 5.78. The number of fused-ring (bicyclic) bond motifs is 1. The summed E-state index contributed by atoms with van der Waals surface area (Å²) in [6, 6.07) is 10.3. The van der Waals surface area contributed by atoms with Crippen LogP contribution in [0.15, 0.2) is 42.6 Å². The van der Waals surface area contributed by atoms with Gasteiger partial charge in [0.25, 0.3) is 5.91 Å². The maximum atomic E-state index is 14.2. The van der Waals surface area contributed by atoms with Crippen molar-refractivity contribution >= 4 is 22.5 Å². The van der Waals surface area contributed by atoms with Gasteiger partial charge in [-0.1, -0.05) is 31.5 Å². The van der Waals surface area contributed by atoms with Crippen LogP contribution in [-0.4, -0.2) is 18.0 Å². The minimum absolute atomic E-state index is 0.105. The van der Waals surface area contributed by atoms with Gasteiger partial charge in [0.2, 0.25) is 0 Å². The van der Waals surface area contributed by atoms with E-state index in [0.29, 0.717) is 11.1 Å². The molecule has 146 valence electrons. The molecule has 0 radical (unpaired) electrons. The minimum Gasteiger partial charge on any atom is -0.494 e. The van der Waals surface area contributed by atoms with Crippen LogP contribution in [0.4, 0.5) is 10.1 Å². The molecular weight excluding hydrogens is 357 g/mol. The van der Waals surface area contributed by atoms with Crippen molar-refractivity contribution in [3.05, 3.63) is 65.1 Å². The van der Waals surface area contributed by atoms with Crippen LogP contribution in [0.25, 0.3) is 10.9 Å². The molecule has 1 aromatic heterocycles. The van der Waals surface area contributed by atoms with Gasteiger partial charge in [0.1, 0.15) is 0 Å². The molecule has 0 bridgehead atoms. The Morgan fingerprint density at radius 2 is 2.11 bits per heavy atom. The Bertz CT molecular complexity index is 1020. The van der Waals surface area contributed by atoms with Crippen molar-refractivity contribution in [2.45, 2.75) is 32.7 Å². The molecule has 0 saturated heterocycles. The highest BCUT2D eigenvalue weighted by molar-refractivity contribution is 6.07. The zero-order chi connectivity index (χ0) is 20.3. The molecular formula is C22H24FN3O2.